The fourth-order valence-corrected chi connectivity index (χ4v) is 4.08. The second-order valence-corrected chi connectivity index (χ2v) is 7.61. The van der Waals surface area contributed by atoms with Crippen LogP contribution < -0.4 is 5.32 Å². The van der Waals surface area contributed by atoms with Crippen LogP contribution >= 0.6 is 23.2 Å². The Labute approximate surface area is 176 Å². The van der Waals surface area contributed by atoms with Crippen LogP contribution in [0.2, 0.25) is 10.0 Å². The topological polar surface area (TPSA) is 59.8 Å². The van der Waals surface area contributed by atoms with Gasteiger partial charge >= 0.3 is 0 Å². The number of rotatable bonds is 3. The van der Waals surface area contributed by atoms with Gasteiger partial charge in [0.05, 0.1) is 17.1 Å². The summed E-state index contributed by atoms with van der Waals surface area (Å²) in [5.41, 5.74) is 6.33. The van der Waals surface area contributed by atoms with Crippen LogP contribution in [0, 0.1) is 0 Å². The number of anilines is 1. The van der Waals surface area contributed by atoms with E-state index >= 15 is 0 Å². The highest BCUT2D eigenvalue weighted by molar-refractivity contribution is 6.35. The van der Waals surface area contributed by atoms with E-state index in [1.807, 2.05) is 48.5 Å². The number of hydrogen-bond donors (Lipinski definition) is 1. The van der Waals surface area contributed by atoms with Crippen molar-refractivity contribution in [3.05, 3.63) is 82.9 Å². The highest BCUT2D eigenvalue weighted by Gasteiger charge is 2.20. The average Bonchev–Trinajstić information content (AvgIpc) is 3.36. The van der Waals surface area contributed by atoms with Gasteiger partial charge in [0.15, 0.2) is 0 Å². The van der Waals surface area contributed by atoms with E-state index in [2.05, 4.69) is 15.4 Å². The predicted octanol–water partition coefficient (Wildman–Crippen LogP) is 5.40. The van der Waals surface area contributed by atoms with Crippen LogP contribution in [0.3, 0.4) is 0 Å². The van der Waals surface area contributed by atoms with Crippen LogP contribution in [-0.4, -0.2) is 20.7 Å². The predicted molar refractivity (Wildman–Crippen MR) is 115 cm³/mol. The number of nitrogens with one attached hydrogen (secondary N) is 1. The maximum absolute atomic E-state index is 11.6. The van der Waals surface area contributed by atoms with Crippen LogP contribution in [0.1, 0.15) is 5.56 Å². The largest absolute Gasteiger partial charge is 0.325 e. The fourth-order valence-electron chi connectivity index (χ4n) is 3.52. The van der Waals surface area contributed by atoms with Crippen molar-refractivity contribution < 1.29 is 4.79 Å². The van der Waals surface area contributed by atoms with Crippen LogP contribution in [0.25, 0.3) is 27.9 Å². The summed E-state index contributed by atoms with van der Waals surface area (Å²) in [6, 6.07) is 17.6. The van der Waals surface area contributed by atoms with Crippen molar-refractivity contribution in [2.24, 2.45) is 0 Å². The van der Waals surface area contributed by atoms with Crippen molar-refractivity contribution in [1.29, 1.82) is 0 Å². The maximum Gasteiger partial charge on any atom is 0.228 e. The van der Waals surface area contributed by atoms with Gasteiger partial charge in [0.25, 0.3) is 0 Å². The van der Waals surface area contributed by atoms with Crippen LogP contribution in [0.4, 0.5) is 5.69 Å². The summed E-state index contributed by atoms with van der Waals surface area (Å²) in [4.78, 5) is 15.6. The standard InChI is InChI=1S/C22H14Cl2N4O/c23-19-8-14(18-7-15-9-22(29)27-21(15)10-20(18)24)3-6-17(19)13-1-4-16(5-2-13)28-12-25-11-26-28/h1-8,10-12H,9H2,(H,27,29). The Hall–Kier alpha value is -3.15. The molecule has 5 rings (SSSR count). The molecule has 0 saturated carbocycles. The fraction of sp³-hybridized carbons (Fsp3) is 0.0455. The molecule has 4 aromatic rings. The van der Waals surface area contributed by atoms with E-state index in [1.54, 1.807) is 17.1 Å². The summed E-state index contributed by atoms with van der Waals surface area (Å²) < 4.78 is 1.70. The SMILES string of the molecule is O=C1Cc2cc(-c3ccc(-c4ccc(-n5cncn5)cc4)c(Cl)c3)c(Cl)cc2N1. The number of carbonyl (C=O) groups excluding carboxylic acids is 1. The van der Waals surface area contributed by atoms with Crippen molar-refractivity contribution >= 4 is 34.8 Å². The third kappa shape index (κ3) is 3.28. The van der Waals surface area contributed by atoms with Gasteiger partial charge in [-0.05, 0) is 47.0 Å². The molecular weight excluding hydrogens is 407 g/mol. The van der Waals surface area contributed by atoms with Crippen LogP contribution in [0.5, 0.6) is 0 Å². The molecule has 0 atom stereocenters. The molecule has 1 aromatic heterocycles. The zero-order valence-corrected chi connectivity index (χ0v) is 16.6. The van der Waals surface area contributed by atoms with Gasteiger partial charge in [-0.1, -0.05) is 47.5 Å². The Morgan fingerprint density at radius 3 is 2.38 bits per heavy atom. The number of nitrogens with zero attached hydrogens (tertiary/aromatic N) is 3. The van der Waals surface area contributed by atoms with Crippen molar-refractivity contribution in [2.75, 3.05) is 5.32 Å². The zero-order valence-electron chi connectivity index (χ0n) is 15.1. The van der Waals surface area contributed by atoms with E-state index in [0.717, 1.165) is 39.2 Å². The molecule has 0 radical (unpaired) electrons. The average molecular weight is 421 g/mol. The molecule has 1 amide bonds. The molecule has 0 unspecified atom stereocenters. The lowest BCUT2D eigenvalue weighted by Gasteiger charge is -2.11. The molecule has 5 nitrogen and oxygen atoms in total. The molecule has 29 heavy (non-hydrogen) atoms. The lowest BCUT2D eigenvalue weighted by atomic mass is 9.98. The summed E-state index contributed by atoms with van der Waals surface area (Å²) in [5.74, 6) is -0.0177. The minimum atomic E-state index is -0.0177. The lowest BCUT2D eigenvalue weighted by Crippen LogP contribution is -2.03. The van der Waals surface area contributed by atoms with Crippen molar-refractivity contribution in [1.82, 2.24) is 14.8 Å². The van der Waals surface area contributed by atoms with E-state index in [4.69, 9.17) is 23.2 Å². The Morgan fingerprint density at radius 1 is 0.897 bits per heavy atom. The number of aromatic nitrogens is 3. The van der Waals surface area contributed by atoms with Crippen molar-refractivity contribution in [3.63, 3.8) is 0 Å². The van der Waals surface area contributed by atoms with Gasteiger partial charge in [-0.25, -0.2) is 9.67 Å². The quantitative estimate of drug-likeness (QED) is 0.482. The second-order valence-electron chi connectivity index (χ2n) is 6.80. The van der Waals surface area contributed by atoms with Crippen LogP contribution in [0.15, 0.2) is 67.3 Å². The van der Waals surface area contributed by atoms with Crippen molar-refractivity contribution in [3.8, 4) is 27.9 Å². The molecule has 3 aromatic carbocycles. The van der Waals surface area contributed by atoms with E-state index in [0.29, 0.717) is 16.5 Å². The molecule has 0 saturated heterocycles. The van der Waals surface area contributed by atoms with Gasteiger partial charge in [0.1, 0.15) is 12.7 Å². The van der Waals surface area contributed by atoms with Gasteiger partial charge in [-0.3, -0.25) is 4.79 Å². The molecule has 0 aliphatic carbocycles. The summed E-state index contributed by atoms with van der Waals surface area (Å²) in [7, 11) is 0. The Morgan fingerprint density at radius 2 is 1.66 bits per heavy atom. The molecular formula is C22H14Cl2N4O. The molecule has 0 spiro atoms. The number of benzene rings is 3. The molecule has 0 bridgehead atoms. The Bertz CT molecular complexity index is 1230. The summed E-state index contributed by atoms with van der Waals surface area (Å²) in [5, 5.41) is 8.15. The summed E-state index contributed by atoms with van der Waals surface area (Å²) >= 11 is 13.1. The van der Waals surface area contributed by atoms with Crippen LogP contribution in [-0.2, 0) is 11.2 Å². The van der Waals surface area contributed by atoms with Gasteiger partial charge < -0.3 is 5.32 Å². The third-order valence-electron chi connectivity index (χ3n) is 4.96. The molecule has 0 fully saturated rings. The smallest absolute Gasteiger partial charge is 0.228 e. The molecule has 1 aliphatic heterocycles. The number of carbonyl (C=O) groups is 1. The number of fused-ring (bicyclic) bond motifs is 1. The van der Waals surface area contributed by atoms with Crippen molar-refractivity contribution in [2.45, 2.75) is 6.42 Å². The summed E-state index contributed by atoms with van der Waals surface area (Å²) in [6.45, 7) is 0. The highest BCUT2D eigenvalue weighted by Crippen LogP contribution is 2.38. The zero-order chi connectivity index (χ0) is 20.0. The first-order valence-electron chi connectivity index (χ1n) is 8.96. The first kappa shape index (κ1) is 17.9. The van der Waals surface area contributed by atoms with Gasteiger partial charge in [-0.2, -0.15) is 5.10 Å². The highest BCUT2D eigenvalue weighted by atomic mass is 35.5. The van der Waals surface area contributed by atoms with E-state index in [9.17, 15) is 4.79 Å². The Kier molecular flexibility index (Phi) is 4.34. The van der Waals surface area contributed by atoms with Gasteiger partial charge in [0.2, 0.25) is 5.91 Å². The second kappa shape index (κ2) is 7.03. The minimum absolute atomic E-state index is 0.0177. The number of hydrogen-bond acceptors (Lipinski definition) is 3. The maximum atomic E-state index is 11.6. The van der Waals surface area contributed by atoms with Gasteiger partial charge in [0, 0.05) is 21.8 Å². The summed E-state index contributed by atoms with van der Waals surface area (Å²) in [6.07, 6.45) is 3.52. The molecule has 142 valence electrons. The van der Waals surface area contributed by atoms with E-state index < -0.39 is 0 Å². The number of halogens is 2. The normalized spacial score (nSPS) is 12.7. The first-order chi connectivity index (χ1) is 14.1. The molecule has 1 N–H and O–H groups in total. The van der Waals surface area contributed by atoms with E-state index in [-0.39, 0.29) is 5.91 Å². The monoisotopic (exact) mass is 420 g/mol. The third-order valence-corrected chi connectivity index (χ3v) is 5.59. The Balaban J connectivity index is 1.48. The first-order valence-corrected chi connectivity index (χ1v) is 9.72. The molecule has 2 heterocycles. The van der Waals surface area contributed by atoms with Gasteiger partial charge in [-0.15, -0.1) is 0 Å². The molecule has 7 heteroatoms. The van der Waals surface area contributed by atoms with E-state index in [1.165, 1.54) is 6.33 Å². The number of amides is 1. The minimum Gasteiger partial charge on any atom is -0.325 e. The lowest BCUT2D eigenvalue weighted by molar-refractivity contribution is -0.115. The molecule has 1 aliphatic rings.